The summed E-state index contributed by atoms with van der Waals surface area (Å²) in [6.45, 7) is 3.05. The van der Waals surface area contributed by atoms with Crippen LogP contribution in [-0.4, -0.2) is 46.1 Å². The Hall–Kier alpha value is -4.16. The van der Waals surface area contributed by atoms with Crippen molar-refractivity contribution in [3.05, 3.63) is 82.4 Å². The zero-order valence-corrected chi connectivity index (χ0v) is 31.2. The number of aromatic nitrogens is 4. The molecule has 0 bridgehead atoms. The highest BCUT2D eigenvalue weighted by molar-refractivity contribution is 5.78. The molecule has 12 heteroatoms. The fourth-order valence-corrected chi connectivity index (χ4v) is 10.8. The molecule has 0 spiro atoms. The van der Waals surface area contributed by atoms with Crippen molar-refractivity contribution in [2.45, 2.75) is 108 Å². The average molecular weight is 755 g/mol. The van der Waals surface area contributed by atoms with Crippen molar-refractivity contribution in [1.82, 2.24) is 30.6 Å². The van der Waals surface area contributed by atoms with Crippen molar-refractivity contribution in [3.8, 4) is 0 Å². The Morgan fingerprint density at radius 1 is 0.527 bits per heavy atom. The maximum atomic E-state index is 16.4. The van der Waals surface area contributed by atoms with E-state index in [9.17, 15) is 0 Å². The summed E-state index contributed by atoms with van der Waals surface area (Å²) in [5.41, 5.74) is 3.49. The van der Waals surface area contributed by atoms with Crippen LogP contribution in [0, 0.1) is 35.1 Å². The van der Waals surface area contributed by atoms with Crippen LogP contribution in [0.15, 0.2) is 36.4 Å². The van der Waals surface area contributed by atoms with Gasteiger partial charge in [-0.15, -0.1) is 0 Å². The topological polar surface area (TPSA) is 87.9 Å². The highest BCUT2D eigenvalue weighted by atomic mass is 19.1. The number of imidazole rings is 2. The van der Waals surface area contributed by atoms with Crippen LogP contribution in [0.4, 0.5) is 28.9 Å². The van der Waals surface area contributed by atoms with Gasteiger partial charge in [0.15, 0.2) is 11.6 Å². The Bertz CT molecular complexity index is 2060. The third-order valence-electron chi connectivity index (χ3n) is 13.6. The number of nitrogens with one attached hydrogen (secondary N) is 4. The third kappa shape index (κ3) is 6.46. The SMILES string of the molecule is Fc1cc2nc([C@@H]3CCCN3)[nH]c2cc1[C@H]1CC[C@H](c2cc3[nH]c([C@@H]4CCCN4)nc3cc2F)N1c1cc(F)c(N2CCC(C3CCCCC3)CC2)c(F)c1. The molecule has 2 aromatic heterocycles. The van der Waals surface area contributed by atoms with Crippen molar-refractivity contribution in [2.75, 3.05) is 36.0 Å². The van der Waals surface area contributed by atoms with E-state index in [1.165, 1.54) is 56.4 Å². The Labute approximate surface area is 318 Å². The number of anilines is 2. The molecule has 6 heterocycles. The second-order valence-corrected chi connectivity index (χ2v) is 16.8. The zero-order chi connectivity index (χ0) is 37.2. The van der Waals surface area contributed by atoms with Gasteiger partial charge in [0, 0.05) is 42.0 Å². The molecule has 0 unspecified atom stereocenters. The molecular weight excluding hydrogens is 705 g/mol. The molecule has 0 radical (unpaired) electrons. The van der Waals surface area contributed by atoms with Crippen LogP contribution >= 0.6 is 0 Å². The first-order valence-corrected chi connectivity index (χ1v) is 20.7. The molecule has 55 heavy (non-hydrogen) atoms. The summed E-state index contributed by atoms with van der Waals surface area (Å²) >= 11 is 0. The maximum Gasteiger partial charge on any atom is 0.151 e. The molecule has 10 rings (SSSR count). The number of rotatable bonds is 7. The van der Waals surface area contributed by atoms with Gasteiger partial charge in [-0.1, -0.05) is 32.1 Å². The number of benzene rings is 3. The van der Waals surface area contributed by atoms with Gasteiger partial charge in [-0.2, -0.15) is 0 Å². The Morgan fingerprint density at radius 2 is 1.04 bits per heavy atom. The fraction of sp³-hybridized carbons (Fsp3) is 0.535. The molecule has 4 atom stereocenters. The second kappa shape index (κ2) is 14.4. The normalized spacial score (nSPS) is 25.7. The molecule has 5 aliphatic rings. The quantitative estimate of drug-likeness (QED) is 0.124. The van der Waals surface area contributed by atoms with E-state index >= 15 is 17.6 Å². The smallest absolute Gasteiger partial charge is 0.151 e. The van der Waals surface area contributed by atoms with Crippen LogP contribution < -0.4 is 20.4 Å². The molecule has 0 amide bonds. The van der Waals surface area contributed by atoms with Gasteiger partial charge in [0.05, 0.1) is 46.2 Å². The predicted molar refractivity (Wildman–Crippen MR) is 207 cm³/mol. The highest BCUT2D eigenvalue weighted by Gasteiger charge is 2.40. The second-order valence-electron chi connectivity index (χ2n) is 16.8. The molecule has 1 aliphatic carbocycles. The van der Waals surface area contributed by atoms with Crippen molar-refractivity contribution in [3.63, 3.8) is 0 Å². The number of halogens is 4. The number of piperidine rings is 1. The minimum absolute atomic E-state index is 0.00522. The number of H-pyrrole nitrogens is 2. The highest BCUT2D eigenvalue weighted by Crippen LogP contribution is 2.50. The van der Waals surface area contributed by atoms with Crippen molar-refractivity contribution < 1.29 is 17.6 Å². The number of hydrogen-bond acceptors (Lipinski definition) is 6. The minimum Gasteiger partial charge on any atom is -0.367 e. The van der Waals surface area contributed by atoms with Crippen LogP contribution in [0.25, 0.3) is 22.1 Å². The van der Waals surface area contributed by atoms with E-state index in [2.05, 4.69) is 20.6 Å². The van der Waals surface area contributed by atoms with E-state index in [0.29, 0.717) is 65.0 Å². The van der Waals surface area contributed by atoms with E-state index in [1.807, 2.05) is 9.80 Å². The van der Waals surface area contributed by atoms with E-state index in [1.54, 1.807) is 12.1 Å². The number of nitrogens with zero attached hydrogens (tertiary/aromatic N) is 4. The van der Waals surface area contributed by atoms with E-state index in [-0.39, 0.29) is 23.5 Å². The number of hydrogen-bond donors (Lipinski definition) is 4. The van der Waals surface area contributed by atoms with Gasteiger partial charge in [-0.25, -0.2) is 27.5 Å². The Kier molecular flexibility index (Phi) is 9.24. The average Bonchev–Trinajstić information content (AvgIpc) is 4.04. The summed E-state index contributed by atoms with van der Waals surface area (Å²) in [7, 11) is 0. The summed E-state index contributed by atoms with van der Waals surface area (Å²) in [6.07, 6.45) is 13.2. The standard InChI is InChI=1S/C43H50F4N8/c44-29-22-37-35(50-42(52-37)33-8-4-14-48-33)20-27(29)39-10-11-40(28-21-36-38(23-30(28)45)53-43(51-36)34-9-5-15-49-34)55(39)26-18-31(46)41(32(47)19-26)54-16-12-25(13-17-54)24-6-2-1-3-7-24/h18-25,33-34,39-40,48-49H,1-17H2,(H,50,52)(H,51,53)/t33-,34-,39+,40+/m0/s1. The Balaban J connectivity index is 1.01. The van der Waals surface area contributed by atoms with Gasteiger partial charge in [0.2, 0.25) is 0 Å². The monoisotopic (exact) mass is 754 g/mol. The summed E-state index contributed by atoms with van der Waals surface area (Å²) in [6, 6.07) is 8.15. The lowest BCUT2D eigenvalue weighted by molar-refractivity contribution is 0.212. The number of aromatic amines is 2. The molecular formula is C43H50F4N8. The first-order valence-electron chi connectivity index (χ1n) is 20.7. The lowest BCUT2D eigenvalue weighted by atomic mass is 9.76. The molecule has 4 saturated heterocycles. The first-order chi connectivity index (χ1) is 26.9. The molecule has 1 saturated carbocycles. The van der Waals surface area contributed by atoms with E-state index in [0.717, 1.165) is 69.2 Å². The number of fused-ring (bicyclic) bond motifs is 2. The third-order valence-corrected chi connectivity index (χ3v) is 13.6. The molecule has 290 valence electrons. The van der Waals surface area contributed by atoms with Crippen molar-refractivity contribution >= 4 is 33.4 Å². The van der Waals surface area contributed by atoms with Crippen LogP contribution in [-0.2, 0) is 0 Å². The molecule has 4 N–H and O–H groups in total. The lowest BCUT2D eigenvalue weighted by Gasteiger charge is -2.39. The van der Waals surface area contributed by atoms with Crippen molar-refractivity contribution in [2.24, 2.45) is 11.8 Å². The molecule has 5 aromatic rings. The zero-order valence-electron chi connectivity index (χ0n) is 31.2. The minimum atomic E-state index is -0.646. The first kappa shape index (κ1) is 35.3. The fourth-order valence-electron chi connectivity index (χ4n) is 10.8. The van der Waals surface area contributed by atoms with E-state index in [4.69, 9.17) is 9.97 Å². The Morgan fingerprint density at radius 3 is 1.53 bits per heavy atom. The van der Waals surface area contributed by atoms with Gasteiger partial charge < -0.3 is 30.4 Å². The summed E-state index contributed by atoms with van der Waals surface area (Å²) in [5.74, 6) is 0.683. The molecule has 5 fully saturated rings. The van der Waals surface area contributed by atoms with Crippen LogP contribution in [0.1, 0.15) is 130 Å². The van der Waals surface area contributed by atoms with Crippen LogP contribution in [0.2, 0.25) is 0 Å². The van der Waals surface area contributed by atoms with Gasteiger partial charge in [-0.05, 0) is 101 Å². The summed E-state index contributed by atoms with van der Waals surface area (Å²) in [4.78, 5) is 19.9. The molecule has 3 aromatic carbocycles. The van der Waals surface area contributed by atoms with Crippen molar-refractivity contribution in [1.29, 1.82) is 0 Å². The molecule has 4 aliphatic heterocycles. The van der Waals surface area contributed by atoms with Crippen LogP contribution in [0.5, 0.6) is 0 Å². The van der Waals surface area contributed by atoms with E-state index < -0.39 is 35.4 Å². The van der Waals surface area contributed by atoms with Gasteiger partial charge in [-0.3, -0.25) is 0 Å². The maximum absolute atomic E-state index is 16.4. The van der Waals surface area contributed by atoms with Gasteiger partial charge in [0.1, 0.15) is 29.0 Å². The largest absolute Gasteiger partial charge is 0.367 e. The predicted octanol–water partition coefficient (Wildman–Crippen LogP) is 9.72. The molecule has 8 nitrogen and oxygen atoms in total. The van der Waals surface area contributed by atoms with Crippen LogP contribution in [0.3, 0.4) is 0 Å². The lowest BCUT2D eigenvalue weighted by Crippen LogP contribution is -2.37. The van der Waals surface area contributed by atoms with Gasteiger partial charge >= 0.3 is 0 Å². The summed E-state index contributed by atoms with van der Waals surface area (Å²) in [5, 5.41) is 6.89. The summed E-state index contributed by atoms with van der Waals surface area (Å²) < 4.78 is 65.5. The van der Waals surface area contributed by atoms with Gasteiger partial charge in [0.25, 0.3) is 0 Å².